The monoisotopic (exact) mass is 228 g/mol. The Hall–Kier alpha value is -1.58. The molecule has 88 valence electrons. The topological polar surface area (TPSA) is 51.2 Å². The molecule has 1 aromatic carbocycles. The molecule has 2 aromatic rings. The molecule has 0 amide bonds. The van der Waals surface area contributed by atoms with Crippen LogP contribution in [0.3, 0.4) is 0 Å². The van der Waals surface area contributed by atoms with Crippen molar-refractivity contribution in [2.75, 3.05) is 0 Å². The highest BCUT2D eigenvalue weighted by Crippen LogP contribution is 2.41. The van der Waals surface area contributed by atoms with Crippen LogP contribution in [0.1, 0.15) is 35.3 Å². The Kier molecular flexibility index (Phi) is 2.71. The number of nitrogens with one attached hydrogen (secondary N) is 1. The van der Waals surface area contributed by atoms with Gasteiger partial charge in [0.15, 0.2) is 0 Å². The lowest BCUT2D eigenvalue weighted by atomic mass is 9.92. The zero-order valence-corrected chi connectivity index (χ0v) is 9.60. The normalized spacial score (nSPS) is 20.2. The van der Waals surface area contributed by atoms with E-state index in [0.29, 0.717) is 5.92 Å². The van der Waals surface area contributed by atoms with E-state index < -0.39 is 0 Å². The minimum atomic E-state index is 0.0636. The zero-order chi connectivity index (χ0) is 11.7. The largest absolute Gasteiger partial charge is 0.468 e. The van der Waals surface area contributed by atoms with E-state index in [0.717, 1.165) is 18.6 Å². The molecular formula is C14H16N2O. The van der Waals surface area contributed by atoms with E-state index in [1.807, 2.05) is 12.1 Å². The van der Waals surface area contributed by atoms with Crippen LogP contribution >= 0.6 is 0 Å². The second-order valence-electron chi connectivity index (χ2n) is 4.50. The Morgan fingerprint density at radius 1 is 1.24 bits per heavy atom. The lowest BCUT2D eigenvalue weighted by Crippen LogP contribution is -2.31. The van der Waals surface area contributed by atoms with Crippen LogP contribution in [-0.2, 0) is 6.42 Å². The predicted octanol–water partition coefficient (Wildman–Crippen LogP) is 2.51. The maximum Gasteiger partial charge on any atom is 0.122 e. The molecule has 2 atom stereocenters. The molecule has 0 fully saturated rings. The second-order valence-corrected chi connectivity index (χ2v) is 4.50. The van der Waals surface area contributed by atoms with Crippen molar-refractivity contribution in [3.8, 4) is 0 Å². The van der Waals surface area contributed by atoms with Crippen LogP contribution in [0.25, 0.3) is 0 Å². The number of hydrogen-bond donors (Lipinski definition) is 2. The van der Waals surface area contributed by atoms with Gasteiger partial charge in [-0.15, -0.1) is 0 Å². The quantitative estimate of drug-likeness (QED) is 0.627. The Bertz CT molecular complexity index is 493. The zero-order valence-electron chi connectivity index (χ0n) is 9.60. The molecule has 1 aliphatic rings. The number of fused-ring (bicyclic) bond motifs is 1. The lowest BCUT2D eigenvalue weighted by Gasteiger charge is -2.21. The average Bonchev–Trinajstić information content (AvgIpc) is 3.01. The second kappa shape index (κ2) is 4.35. The summed E-state index contributed by atoms with van der Waals surface area (Å²) in [4.78, 5) is 0. The van der Waals surface area contributed by atoms with E-state index in [4.69, 9.17) is 10.3 Å². The minimum Gasteiger partial charge on any atom is -0.468 e. The Labute approximate surface area is 101 Å². The summed E-state index contributed by atoms with van der Waals surface area (Å²) in [6.07, 6.45) is 3.94. The summed E-state index contributed by atoms with van der Waals surface area (Å²) in [6, 6.07) is 12.5. The van der Waals surface area contributed by atoms with Crippen LogP contribution < -0.4 is 11.3 Å². The fraction of sp³-hybridized carbons (Fsp3) is 0.286. The van der Waals surface area contributed by atoms with Gasteiger partial charge in [-0.3, -0.25) is 5.84 Å². The van der Waals surface area contributed by atoms with Gasteiger partial charge in [0.1, 0.15) is 5.76 Å². The van der Waals surface area contributed by atoms with Gasteiger partial charge in [-0.25, -0.2) is 5.43 Å². The molecule has 17 heavy (non-hydrogen) atoms. The summed E-state index contributed by atoms with van der Waals surface area (Å²) >= 11 is 0. The van der Waals surface area contributed by atoms with Crippen molar-refractivity contribution in [3.05, 3.63) is 59.5 Å². The summed E-state index contributed by atoms with van der Waals surface area (Å²) < 4.78 is 5.47. The molecule has 3 rings (SSSR count). The van der Waals surface area contributed by atoms with E-state index >= 15 is 0 Å². The molecule has 0 saturated carbocycles. The van der Waals surface area contributed by atoms with Crippen LogP contribution in [0.5, 0.6) is 0 Å². The van der Waals surface area contributed by atoms with Crippen molar-refractivity contribution in [1.29, 1.82) is 0 Å². The molecule has 0 spiro atoms. The standard InChI is InChI=1S/C14H16N2O/c15-16-14(13-6-3-9-17-13)12-8-7-10-4-1-2-5-11(10)12/h1-6,9,12,14,16H,7-8,15H2. The first-order valence-electron chi connectivity index (χ1n) is 5.97. The van der Waals surface area contributed by atoms with Crippen molar-refractivity contribution in [2.45, 2.75) is 24.8 Å². The summed E-state index contributed by atoms with van der Waals surface area (Å²) in [5, 5.41) is 0. The highest BCUT2D eigenvalue weighted by Gasteiger charge is 2.31. The first-order valence-corrected chi connectivity index (χ1v) is 5.97. The molecule has 1 aliphatic carbocycles. The van der Waals surface area contributed by atoms with E-state index in [1.54, 1.807) is 6.26 Å². The molecule has 0 bridgehead atoms. The third-order valence-electron chi connectivity index (χ3n) is 3.61. The molecule has 3 N–H and O–H groups in total. The third-order valence-corrected chi connectivity index (χ3v) is 3.61. The number of hydrazine groups is 1. The smallest absolute Gasteiger partial charge is 0.122 e. The van der Waals surface area contributed by atoms with Gasteiger partial charge in [0.2, 0.25) is 0 Å². The lowest BCUT2D eigenvalue weighted by molar-refractivity contribution is 0.368. The molecule has 2 unspecified atom stereocenters. The third kappa shape index (κ3) is 1.77. The number of furan rings is 1. The van der Waals surface area contributed by atoms with Crippen LogP contribution in [0.4, 0.5) is 0 Å². The molecule has 3 heteroatoms. The number of nitrogens with two attached hydrogens (primary N) is 1. The fourth-order valence-corrected chi connectivity index (χ4v) is 2.80. The molecule has 1 heterocycles. The fourth-order valence-electron chi connectivity index (χ4n) is 2.80. The molecule has 0 radical (unpaired) electrons. The number of aryl methyl sites for hydroxylation is 1. The van der Waals surface area contributed by atoms with E-state index in [2.05, 4.69) is 29.7 Å². The van der Waals surface area contributed by atoms with Gasteiger partial charge in [0.25, 0.3) is 0 Å². The first kappa shape index (κ1) is 10.6. The molecular weight excluding hydrogens is 212 g/mol. The van der Waals surface area contributed by atoms with E-state index in [-0.39, 0.29) is 6.04 Å². The maximum atomic E-state index is 5.69. The van der Waals surface area contributed by atoms with Gasteiger partial charge in [0.05, 0.1) is 12.3 Å². The molecule has 0 saturated heterocycles. The Morgan fingerprint density at radius 3 is 2.88 bits per heavy atom. The maximum absolute atomic E-state index is 5.69. The Morgan fingerprint density at radius 2 is 2.12 bits per heavy atom. The highest BCUT2D eigenvalue weighted by molar-refractivity contribution is 5.37. The van der Waals surface area contributed by atoms with Crippen molar-refractivity contribution < 1.29 is 4.42 Å². The average molecular weight is 228 g/mol. The van der Waals surface area contributed by atoms with Crippen molar-refractivity contribution in [3.63, 3.8) is 0 Å². The number of rotatable bonds is 3. The van der Waals surface area contributed by atoms with Crippen LogP contribution in [0.15, 0.2) is 47.1 Å². The van der Waals surface area contributed by atoms with E-state index in [1.165, 1.54) is 11.1 Å². The molecule has 1 aromatic heterocycles. The first-order chi connectivity index (χ1) is 8.40. The van der Waals surface area contributed by atoms with Gasteiger partial charge in [-0.05, 0) is 36.1 Å². The van der Waals surface area contributed by atoms with Crippen molar-refractivity contribution in [1.82, 2.24) is 5.43 Å². The van der Waals surface area contributed by atoms with Crippen LogP contribution in [-0.4, -0.2) is 0 Å². The van der Waals surface area contributed by atoms with Crippen molar-refractivity contribution >= 4 is 0 Å². The van der Waals surface area contributed by atoms with Crippen LogP contribution in [0, 0.1) is 0 Å². The SMILES string of the molecule is NNC(c1ccco1)C1CCc2ccccc21. The summed E-state index contributed by atoms with van der Waals surface area (Å²) in [6.45, 7) is 0. The minimum absolute atomic E-state index is 0.0636. The number of hydrogen-bond acceptors (Lipinski definition) is 3. The number of benzene rings is 1. The van der Waals surface area contributed by atoms with E-state index in [9.17, 15) is 0 Å². The summed E-state index contributed by atoms with van der Waals surface area (Å²) in [7, 11) is 0. The van der Waals surface area contributed by atoms with Gasteiger partial charge in [-0.2, -0.15) is 0 Å². The molecule has 0 aliphatic heterocycles. The summed E-state index contributed by atoms with van der Waals surface area (Å²) in [5.41, 5.74) is 5.72. The summed E-state index contributed by atoms with van der Waals surface area (Å²) in [5.74, 6) is 7.01. The predicted molar refractivity (Wildman–Crippen MR) is 66.3 cm³/mol. The van der Waals surface area contributed by atoms with Crippen molar-refractivity contribution in [2.24, 2.45) is 5.84 Å². The van der Waals surface area contributed by atoms with Crippen LogP contribution in [0.2, 0.25) is 0 Å². The van der Waals surface area contributed by atoms with Gasteiger partial charge >= 0.3 is 0 Å². The van der Waals surface area contributed by atoms with Gasteiger partial charge < -0.3 is 4.42 Å². The highest BCUT2D eigenvalue weighted by atomic mass is 16.3. The Balaban J connectivity index is 1.95. The molecule has 3 nitrogen and oxygen atoms in total. The van der Waals surface area contributed by atoms with Gasteiger partial charge in [-0.1, -0.05) is 24.3 Å². The van der Waals surface area contributed by atoms with Gasteiger partial charge in [0, 0.05) is 5.92 Å².